The average Bonchev–Trinajstić information content (AvgIpc) is 2.86. The molecular formula is C15H29N3O. The number of likely N-dealkylation sites (tertiary alicyclic amines) is 1. The fraction of sp³-hybridized carbons (Fsp3) is 0.933. The molecule has 4 atom stereocenters. The van der Waals surface area contributed by atoms with E-state index in [-0.39, 0.29) is 11.9 Å². The van der Waals surface area contributed by atoms with Crippen molar-refractivity contribution in [1.82, 2.24) is 15.5 Å². The number of fused-ring (bicyclic) bond motifs is 1. The van der Waals surface area contributed by atoms with Gasteiger partial charge in [0.05, 0.1) is 6.04 Å². The molecule has 110 valence electrons. The third kappa shape index (κ3) is 3.48. The molecule has 2 rings (SSSR count). The first kappa shape index (κ1) is 14.8. The predicted octanol–water partition coefficient (Wildman–Crippen LogP) is 1.36. The molecule has 0 aliphatic carbocycles. The summed E-state index contributed by atoms with van der Waals surface area (Å²) >= 11 is 0. The lowest BCUT2D eigenvalue weighted by atomic mass is 9.91. The molecule has 4 heteroatoms. The van der Waals surface area contributed by atoms with E-state index < -0.39 is 0 Å². The molecule has 4 nitrogen and oxygen atoms in total. The standard InChI is InChI=1S/C15H29N3O/c1-4-6-11(2)17-15(19)12(3)18-8-5-7-13-9-16-10-14(13)18/h11-14,16H,4-10H2,1-3H3,(H,17,19). The molecule has 0 aromatic rings. The first-order valence-electron chi connectivity index (χ1n) is 7.90. The molecule has 4 unspecified atom stereocenters. The number of hydrogen-bond acceptors (Lipinski definition) is 3. The lowest BCUT2D eigenvalue weighted by Gasteiger charge is -2.40. The second-order valence-electron chi connectivity index (χ2n) is 6.24. The largest absolute Gasteiger partial charge is 0.352 e. The van der Waals surface area contributed by atoms with Gasteiger partial charge in [-0.3, -0.25) is 9.69 Å². The van der Waals surface area contributed by atoms with Crippen molar-refractivity contribution >= 4 is 5.91 Å². The fourth-order valence-corrected chi connectivity index (χ4v) is 3.60. The third-order valence-electron chi connectivity index (χ3n) is 4.71. The van der Waals surface area contributed by atoms with Crippen LogP contribution in [0.15, 0.2) is 0 Å². The minimum atomic E-state index is 0.00649. The summed E-state index contributed by atoms with van der Waals surface area (Å²) in [4.78, 5) is 14.8. The Morgan fingerprint density at radius 1 is 1.42 bits per heavy atom. The molecule has 1 amide bonds. The second kappa shape index (κ2) is 6.71. The first-order chi connectivity index (χ1) is 9.13. The van der Waals surface area contributed by atoms with Gasteiger partial charge in [0, 0.05) is 18.6 Å². The van der Waals surface area contributed by atoms with Crippen molar-refractivity contribution in [2.75, 3.05) is 19.6 Å². The number of carbonyl (C=O) groups excluding carboxylic acids is 1. The molecule has 2 aliphatic heterocycles. The Morgan fingerprint density at radius 2 is 2.21 bits per heavy atom. The van der Waals surface area contributed by atoms with Crippen LogP contribution in [0.1, 0.15) is 46.5 Å². The third-order valence-corrected chi connectivity index (χ3v) is 4.71. The number of nitrogens with one attached hydrogen (secondary N) is 2. The smallest absolute Gasteiger partial charge is 0.237 e. The molecule has 0 aromatic carbocycles. The summed E-state index contributed by atoms with van der Waals surface area (Å²) in [6.45, 7) is 9.57. The zero-order chi connectivity index (χ0) is 13.8. The number of piperidine rings is 1. The van der Waals surface area contributed by atoms with Crippen LogP contribution in [0.2, 0.25) is 0 Å². The quantitative estimate of drug-likeness (QED) is 0.790. The maximum atomic E-state index is 12.3. The van der Waals surface area contributed by atoms with Crippen molar-refractivity contribution in [2.24, 2.45) is 5.92 Å². The average molecular weight is 267 g/mol. The lowest BCUT2D eigenvalue weighted by Crippen LogP contribution is -2.55. The number of rotatable bonds is 5. The van der Waals surface area contributed by atoms with Crippen LogP contribution in [0, 0.1) is 5.92 Å². The van der Waals surface area contributed by atoms with Gasteiger partial charge in [0.15, 0.2) is 0 Å². The van der Waals surface area contributed by atoms with Gasteiger partial charge in [0.25, 0.3) is 0 Å². The zero-order valence-electron chi connectivity index (χ0n) is 12.6. The highest BCUT2D eigenvalue weighted by atomic mass is 16.2. The van der Waals surface area contributed by atoms with E-state index in [4.69, 9.17) is 0 Å². The minimum Gasteiger partial charge on any atom is -0.352 e. The van der Waals surface area contributed by atoms with Gasteiger partial charge in [-0.25, -0.2) is 0 Å². The number of carbonyl (C=O) groups is 1. The van der Waals surface area contributed by atoms with Gasteiger partial charge in [-0.15, -0.1) is 0 Å². The molecule has 19 heavy (non-hydrogen) atoms. The first-order valence-corrected chi connectivity index (χ1v) is 7.90. The predicted molar refractivity (Wildman–Crippen MR) is 78.1 cm³/mol. The molecule has 0 spiro atoms. The van der Waals surface area contributed by atoms with Crippen molar-refractivity contribution in [3.8, 4) is 0 Å². The van der Waals surface area contributed by atoms with Crippen molar-refractivity contribution in [2.45, 2.75) is 64.6 Å². The molecule has 0 radical (unpaired) electrons. The van der Waals surface area contributed by atoms with Crippen molar-refractivity contribution < 1.29 is 4.79 Å². The Bertz CT molecular complexity index is 308. The van der Waals surface area contributed by atoms with Crippen molar-refractivity contribution in [3.05, 3.63) is 0 Å². The summed E-state index contributed by atoms with van der Waals surface area (Å²) < 4.78 is 0. The SMILES string of the molecule is CCCC(C)NC(=O)C(C)N1CCCC2CNCC21. The maximum Gasteiger partial charge on any atom is 0.237 e. The van der Waals surface area contributed by atoms with E-state index in [0.717, 1.165) is 38.4 Å². The van der Waals surface area contributed by atoms with E-state index in [0.29, 0.717) is 12.1 Å². The van der Waals surface area contributed by atoms with E-state index >= 15 is 0 Å². The monoisotopic (exact) mass is 267 g/mol. The van der Waals surface area contributed by atoms with E-state index in [1.807, 2.05) is 0 Å². The fourth-order valence-electron chi connectivity index (χ4n) is 3.60. The van der Waals surface area contributed by atoms with Crippen LogP contribution in [0.4, 0.5) is 0 Å². The summed E-state index contributed by atoms with van der Waals surface area (Å²) in [7, 11) is 0. The van der Waals surface area contributed by atoms with Gasteiger partial charge < -0.3 is 10.6 Å². The normalized spacial score (nSPS) is 30.7. The lowest BCUT2D eigenvalue weighted by molar-refractivity contribution is -0.128. The van der Waals surface area contributed by atoms with Gasteiger partial charge in [-0.05, 0) is 52.1 Å². The number of amides is 1. The number of hydrogen-bond donors (Lipinski definition) is 2. The summed E-state index contributed by atoms with van der Waals surface area (Å²) in [6.07, 6.45) is 4.72. The molecule has 2 aliphatic rings. The Labute approximate surface area is 117 Å². The van der Waals surface area contributed by atoms with Gasteiger partial charge in [0.1, 0.15) is 0 Å². The molecule has 2 heterocycles. The highest BCUT2D eigenvalue weighted by molar-refractivity contribution is 5.81. The maximum absolute atomic E-state index is 12.3. The Hall–Kier alpha value is -0.610. The summed E-state index contributed by atoms with van der Waals surface area (Å²) in [5.41, 5.74) is 0. The van der Waals surface area contributed by atoms with Gasteiger partial charge in [0.2, 0.25) is 5.91 Å². The van der Waals surface area contributed by atoms with E-state index in [2.05, 4.69) is 36.3 Å². The topological polar surface area (TPSA) is 44.4 Å². The van der Waals surface area contributed by atoms with Crippen molar-refractivity contribution in [1.29, 1.82) is 0 Å². The van der Waals surface area contributed by atoms with Crippen molar-refractivity contribution in [3.63, 3.8) is 0 Å². The Kier molecular flexibility index (Phi) is 5.22. The van der Waals surface area contributed by atoms with Crippen LogP contribution in [0.25, 0.3) is 0 Å². The molecule has 0 bridgehead atoms. The van der Waals surface area contributed by atoms with Gasteiger partial charge in [-0.2, -0.15) is 0 Å². The van der Waals surface area contributed by atoms with E-state index in [1.54, 1.807) is 0 Å². The molecule has 2 fully saturated rings. The van der Waals surface area contributed by atoms with Gasteiger partial charge in [-0.1, -0.05) is 13.3 Å². The van der Waals surface area contributed by atoms with Gasteiger partial charge >= 0.3 is 0 Å². The van der Waals surface area contributed by atoms with Crippen LogP contribution < -0.4 is 10.6 Å². The summed E-state index contributed by atoms with van der Waals surface area (Å²) in [6, 6.07) is 0.866. The Morgan fingerprint density at radius 3 is 2.95 bits per heavy atom. The highest BCUT2D eigenvalue weighted by Gasteiger charge is 2.38. The van der Waals surface area contributed by atoms with Crippen LogP contribution >= 0.6 is 0 Å². The highest BCUT2D eigenvalue weighted by Crippen LogP contribution is 2.27. The van der Waals surface area contributed by atoms with Crippen LogP contribution in [0.3, 0.4) is 0 Å². The minimum absolute atomic E-state index is 0.00649. The molecule has 0 saturated carbocycles. The molecule has 2 saturated heterocycles. The summed E-state index contributed by atoms with van der Waals surface area (Å²) in [5.74, 6) is 0.950. The molecular weight excluding hydrogens is 238 g/mol. The van der Waals surface area contributed by atoms with Crippen LogP contribution in [-0.2, 0) is 4.79 Å². The second-order valence-corrected chi connectivity index (χ2v) is 6.24. The molecule has 2 N–H and O–H groups in total. The zero-order valence-corrected chi connectivity index (χ0v) is 12.6. The van der Waals surface area contributed by atoms with E-state index in [1.165, 1.54) is 12.8 Å². The number of nitrogens with zero attached hydrogens (tertiary/aromatic N) is 1. The van der Waals surface area contributed by atoms with Crippen LogP contribution in [0.5, 0.6) is 0 Å². The molecule has 0 aromatic heterocycles. The van der Waals surface area contributed by atoms with Crippen LogP contribution in [-0.4, -0.2) is 48.6 Å². The Balaban J connectivity index is 1.90. The van der Waals surface area contributed by atoms with E-state index in [9.17, 15) is 4.79 Å². The summed E-state index contributed by atoms with van der Waals surface area (Å²) in [5, 5.41) is 6.63.